The van der Waals surface area contributed by atoms with Crippen molar-refractivity contribution in [3.05, 3.63) is 52.6 Å². The summed E-state index contributed by atoms with van der Waals surface area (Å²) in [6.07, 6.45) is 3.64. The zero-order valence-corrected chi connectivity index (χ0v) is 14.2. The van der Waals surface area contributed by atoms with Crippen molar-refractivity contribution < 1.29 is 9.53 Å². The Kier molecular flexibility index (Phi) is 5.25. The molecule has 2 heterocycles. The molecule has 1 aliphatic rings. The highest BCUT2D eigenvalue weighted by Crippen LogP contribution is 2.21. The van der Waals surface area contributed by atoms with Gasteiger partial charge in [-0.1, -0.05) is 15.9 Å². The fourth-order valence-electron chi connectivity index (χ4n) is 2.44. The number of halogens is 1. The first kappa shape index (κ1) is 16.0. The number of aromatic nitrogens is 1. The maximum absolute atomic E-state index is 12.2. The first-order chi connectivity index (χ1) is 11.2. The molecule has 1 saturated heterocycles. The van der Waals surface area contributed by atoms with Crippen LogP contribution in [-0.2, 0) is 0 Å². The molecule has 1 amide bonds. The number of ether oxygens (including phenoxy) is 1. The van der Waals surface area contributed by atoms with Crippen LogP contribution in [0.3, 0.4) is 0 Å². The number of hydrogen-bond acceptors (Lipinski definition) is 4. The smallest absolute Gasteiger partial charge is 0.253 e. The molecule has 0 radical (unpaired) electrons. The summed E-state index contributed by atoms with van der Waals surface area (Å²) in [7, 11) is 0. The van der Waals surface area contributed by atoms with Crippen molar-refractivity contribution in [3.8, 4) is 11.6 Å². The first-order valence-electron chi connectivity index (χ1n) is 7.62. The molecule has 0 bridgehead atoms. The molecule has 0 saturated carbocycles. The number of piperidine rings is 1. The Morgan fingerprint density at radius 3 is 2.74 bits per heavy atom. The number of carbonyl (C=O) groups excluding carboxylic acids is 1. The molecule has 0 aliphatic carbocycles. The Hall–Kier alpha value is -1.92. The topological polar surface area (TPSA) is 63.2 Å². The van der Waals surface area contributed by atoms with Crippen LogP contribution in [0.15, 0.2) is 47.1 Å². The lowest BCUT2D eigenvalue weighted by atomic mass is 10.1. The standard InChI is InChI=1S/C17H18BrN3O2/c18-13-4-6-15(7-5-13)23-16-8-3-12(10-20-16)17(22)21-14-2-1-9-19-11-14/h3-8,10,14,19H,1-2,9,11H2,(H,21,22)/t14-/m0/s1. The third kappa shape index (κ3) is 4.53. The second-order valence-electron chi connectivity index (χ2n) is 5.46. The SMILES string of the molecule is O=C(N[C@H]1CCCNC1)c1ccc(Oc2ccc(Br)cc2)nc1. The number of pyridine rings is 1. The van der Waals surface area contributed by atoms with Crippen LogP contribution in [0.25, 0.3) is 0 Å². The summed E-state index contributed by atoms with van der Waals surface area (Å²) in [5.41, 5.74) is 0.540. The van der Waals surface area contributed by atoms with Gasteiger partial charge in [0, 0.05) is 29.3 Å². The summed E-state index contributed by atoms with van der Waals surface area (Å²) in [5, 5.41) is 6.30. The Balaban J connectivity index is 1.59. The number of hydrogen-bond donors (Lipinski definition) is 2. The normalized spacial score (nSPS) is 17.5. The van der Waals surface area contributed by atoms with E-state index in [1.54, 1.807) is 18.3 Å². The van der Waals surface area contributed by atoms with Gasteiger partial charge in [-0.3, -0.25) is 4.79 Å². The van der Waals surface area contributed by atoms with E-state index in [0.29, 0.717) is 17.2 Å². The molecule has 1 aromatic heterocycles. The zero-order chi connectivity index (χ0) is 16.1. The Labute approximate surface area is 143 Å². The monoisotopic (exact) mass is 375 g/mol. The molecular formula is C17H18BrN3O2. The predicted octanol–water partition coefficient (Wildman–Crippen LogP) is 3.12. The van der Waals surface area contributed by atoms with Crippen LogP contribution < -0.4 is 15.4 Å². The van der Waals surface area contributed by atoms with Crippen molar-refractivity contribution in [2.75, 3.05) is 13.1 Å². The van der Waals surface area contributed by atoms with Gasteiger partial charge >= 0.3 is 0 Å². The molecular weight excluding hydrogens is 358 g/mol. The van der Waals surface area contributed by atoms with Crippen molar-refractivity contribution in [2.24, 2.45) is 0 Å². The van der Waals surface area contributed by atoms with Gasteiger partial charge in [-0.2, -0.15) is 0 Å². The minimum atomic E-state index is -0.0959. The molecule has 23 heavy (non-hydrogen) atoms. The molecule has 5 nitrogen and oxygen atoms in total. The number of amides is 1. The minimum Gasteiger partial charge on any atom is -0.439 e. The summed E-state index contributed by atoms with van der Waals surface area (Å²) < 4.78 is 6.63. The molecule has 120 valence electrons. The highest BCUT2D eigenvalue weighted by molar-refractivity contribution is 9.10. The van der Waals surface area contributed by atoms with E-state index in [9.17, 15) is 4.79 Å². The quantitative estimate of drug-likeness (QED) is 0.861. The van der Waals surface area contributed by atoms with Gasteiger partial charge in [0.2, 0.25) is 5.88 Å². The van der Waals surface area contributed by atoms with Gasteiger partial charge in [-0.05, 0) is 49.7 Å². The Morgan fingerprint density at radius 1 is 1.26 bits per heavy atom. The maximum Gasteiger partial charge on any atom is 0.253 e. The molecule has 1 aromatic carbocycles. The summed E-state index contributed by atoms with van der Waals surface area (Å²) in [6, 6.07) is 11.1. The van der Waals surface area contributed by atoms with Crippen molar-refractivity contribution in [2.45, 2.75) is 18.9 Å². The predicted molar refractivity (Wildman–Crippen MR) is 91.8 cm³/mol. The van der Waals surface area contributed by atoms with Gasteiger partial charge in [0.25, 0.3) is 5.91 Å². The second kappa shape index (κ2) is 7.57. The summed E-state index contributed by atoms with van der Waals surface area (Å²) in [4.78, 5) is 16.4. The van der Waals surface area contributed by atoms with Crippen molar-refractivity contribution >= 4 is 21.8 Å². The second-order valence-corrected chi connectivity index (χ2v) is 6.37. The molecule has 2 N–H and O–H groups in total. The van der Waals surface area contributed by atoms with E-state index in [-0.39, 0.29) is 11.9 Å². The Bertz CT molecular complexity index is 653. The van der Waals surface area contributed by atoms with Gasteiger partial charge in [-0.25, -0.2) is 4.98 Å². The summed E-state index contributed by atoms with van der Waals surface area (Å²) in [6.45, 7) is 1.85. The summed E-state index contributed by atoms with van der Waals surface area (Å²) in [5.74, 6) is 1.07. The maximum atomic E-state index is 12.2. The number of benzene rings is 1. The number of carbonyl (C=O) groups is 1. The van der Waals surface area contributed by atoms with Crippen LogP contribution in [-0.4, -0.2) is 30.0 Å². The van der Waals surface area contributed by atoms with Crippen LogP contribution in [0.1, 0.15) is 23.2 Å². The molecule has 1 aliphatic heterocycles. The highest BCUT2D eigenvalue weighted by Gasteiger charge is 2.16. The lowest BCUT2D eigenvalue weighted by Crippen LogP contribution is -2.45. The summed E-state index contributed by atoms with van der Waals surface area (Å²) >= 11 is 3.38. The molecule has 0 unspecified atom stereocenters. The fourth-order valence-corrected chi connectivity index (χ4v) is 2.71. The average Bonchev–Trinajstić information content (AvgIpc) is 2.58. The van der Waals surface area contributed by atoms with Gasteiger partial charge in [0.15, 0.2) is 0 Å². The van der Waals surface area contributed by atoms with Crippen molar-refractivity contribution in [1.82, 2.24) is 15.6 Å². The number of rotatable bonds is 4. The van der Waals surface area contributed by atoms with E-state index in [1.165, 1.54) is 0 Å². The number of nitrogens with one attached hydrogen (secondary N) is 2. The van der Waals surface area contributed by atoms with E-state index in [0.717, 1.165) is 30.4 Å². The van der Waals surface area contributed by atoms with E-state index in [4.69, 9.17) is 4.74 Å². The first-order valence-corrected chi connectivity index (χ1v) is 8.41. The van der Waals surface area contributed by atoms with Crippen LogP contribution >= 0.6 is 15.9 Å². The minimum absolute atomic E-state index is 0.0959. The Morgan fingerprint density at radius 2 is 2.09 bits per heavy atom. The average molecular weight is 376 g/mol. The third-order valence-electron chi connectivity index (χ3n) is 3.67. The third-order valence-corrected chi connectivity index (χ3v) is 4.20. The van der Waals surface area contributed by atoms with Crippen molar-refractivity contribution in [1.29, 1.82) is 0 Å². The van der Waals surface area contributed by atoms with Crippen LogP contribution in [0, 0.1) is 0 Å². The van der Waals surface area contributed by atoms with E-state index in [1.807, 2.05) is 24.3 Å². The van der Waals surface area contributed by atoms with Gasteiger partial charge in [0.05, 0.1) is 5.56 Å². The largest absolute Gasteiger partial charge is 0.439 e. The highest BCUT2D eigenvalue weighted by atomic mass is 79.9. The van der Waals surface area contributed by atoms with Crippen molar-refractivity contribution in [3.63, 3.8) is 0 Å². The number of nitrogens with zero attached hydrogens (tertiary/aromatic N) is 1. The molecule has 1 fully saturated rings. The zero-order valence-electron chi connectivity index (χ0n) is 12.6. The van der Waals surface area contributed by atoms with Gasteiger partial charge in [0.1, 0.15) is 5.75 Å². The molecule has 0 spiro atoms. The lowest BCUT2D eigenvalue weighted by Gasteiger charge is -2.23. The molecule has 6 heteroatoms. The fraction of sp³-hybridized carbons (Fsp3) is 0.294. The molecule has 1 atom stereocenters. The van der Waals surface area contributed by atoms with E-state index < -0.39 is 0 Å². The molecule has 3 rings (SSSR count). The van der Waals surface area contributed by atoms with Crippen LogP contribution in [0.5, 0.6) is 11.6 Å². The lowest BCUT2D eigenvalue weighted by molar-refractivity contribution is 0.0930. The molecule has 2 aromatic rings. The van der Waals surface area contributed by atoms with E-state index >= 15 is 0 Å². The van der Waals surface area contributed by atoms with Gasteiger partial charge in [-0.15, -0.1) is 0 Å². The van der Waals surface area contributed by atoms with Crippen LogP contribution in [0.2, 0.25) is 0 Å². The van der Waals surface area contributed by atoms with E-state index in [2.05, 4.69) is 31.5 Å². The van der Waals surface area contributed by atoms with Crippen LogP contribution in [0.4, 0.5) is 0 Å². The van der Waals surface area contributed by atoms with Gasteiger partial charge < -0.3 is 15.4 Å².